The average Bonchev–Trinajstić information content (AvgIpc) is 2.84. The number of carbonyl (C=O) groups is 1. The standard InChI is InChI=1S/C24H40N6O2.HI/c1-19(20-7-5-4-6-8-20)29-24(11-15-32-16-12-24)18-27-23(26-3)28-21-9-13-30(14-10-21)17-22(31)25-2;/h4-8,19,21,29H,9-18H2,1-3H3,(H,25,31)(H2,26,27,28);1H. The van der Waals surface area contributed by atoms with Crippen molar-refractivity contribution in [1.29, 1.82) is 0 Å². The third kappa shape index (κ3) is 8.70. The van der Waals surface area contributed by atoms with Crippen LogP contribution in [0, 0.1) is 0 Å². The number of amides is 1. The highest BCUT2D eigenvalue weighted by molar-refractivity contribution is 14.0. The van der Waals surface area contributed by atoms with Gasteiger partial charge in [0, 0.05) is 64.6 Å². The number of nitrogens with one attached hydrogen (secondary N) is 4. The van der Waals surface area contributed by atoms with E-state index in [2.05, 4.69) is 68.4 Å². The normalized spacial score (nSPS) is 20.4. The number of likely N-dealkylation sites (N-methyl/N-ethyl adjacent to an activating group) is 1. The summed E-state index contributed by atoms with van der Waals surface area (Å²) in [6.07, 6.45) is 3.93. The van der Waals surface area contributed by atoms with E-state index >= 15 is 0 Å². The number of halogens is 1. The summed E-state index contributed by atoms with van der Waals surface area (Å²) in [6.45, 7) is 6.87. The fourth-order valence-corrected chi connectivity index (χ4v) is 4.58. The number of likely N-dealkylation sites (tertiary alicyclic amines) is 1. The third-order valence-electron chi connectivity index (χ3n) is 6.66. The van der Waals surface area contributed by atoms with Crippen molar-refractivity contribution in [3.05, 3.63) is 35.9 Å². The molecule has 33 heavy (non-hydrogen) atoms. The molecule has 0 aliphatic carbocycles. The summed E-state index contributed by atoms with van der Waals surface area (Å²) < 4.78 is 5.67. The van der Waals surface area contributed by atoms with Crippen LogP contribution in [-0.2, 0) is 9.53 Å². The molecule has 186 valence electrons. The summed E-state index contributed by atoms with van der Waals surface area (Å²) in [6, 6.07) is 11.2. The van der Waals surface area contributed by atoms with E-state index in [-0.39, 0.29) is 41.5 Å². The van der Waals surface area contributed by atoms with Crippen LogP contribution in [-0.4, -0.2) is 81.8 Å². The van der Waals surface area contributed by atoms with Crippen LogP contribution in [0.1, 0.15) is 44.2 Å². The van der Waals surface area contributed by atoms with Gasteiger partial charge in [0.2, 0.25) is 5.91 Å². The lowest BCUT2D eigenvalue weighted by atomic mass is 9.88. The zero-order valence-electron chi connectivity index (χ0n) is 20.2. The van der Waals surface area contributed by atoms with E-state index in [0.29, 0.717) is 12.6 Å². The smallest absolute Gasteiger partial charge is 0.233 e. The van der Waals surface area contributed by atoms with Crippen molar-refractivity contribution < 1.29 is 9.53 Å². The molecule has 3 rings (SSSR count). The van der Waals surface area contributed by atoms with E-state index in [9.17, 15) is 4.79 Å². The van der Waals surface area contributed by atoms with Gasteiger partial charge in [0.05, 0.1) is 6.54 Å². The van der Waals surface area contributed by atoms with Crippen LogP contribution in [0.25, 0.3) is 0 Å². The number of hydrogen-bond acceptors (Lipinski definition) is 5. The summed E-state index contributed by atoms with van der Waals surface area (Å²) in [4.78, 5) is 18.3. The molecule has 1 amide bonds. The van der Waals surface area contributed by atoms with Gasteiger partial charge >= 0.3 is 0 Å². The highest BCUT2D eigenvalue weighted by Gasteiger charge is 2.34. The Morgan fingerprint density at radius 3 is 2.48 bits per heavy atom. The van der Waals surface area contributed by atoms with E-state index in [4.69, 9.17) is 4.74 Å². The number of nitrogens with zero attached hydrogens (tertiary/aromatic N) is 2. The van der Waals surface area contributed by atoms with Gasteiger partial charge in [0.15, 0.2) is 5.96 Å². The van der Waals surface area contributed by atoms with Crippen molar-refractivity contribution >= 4 is 35.8 Å². The van der Waals surface area contributed by atoms with Gasteiger partial charge in [-0.15, -0.1) is 24.0 Å². The Hall–Kier alpha value is -1.43. The van der Waals surface area contributed by atoms with E-state index < -0.39 is 0 Å². The second kappa shape index (κ2) is 14.1. The lowest BCUT2D eigenvalue weighted by Gasteiger charge is -2.41. The molecule has 4 N–H and O–H groups in total. The van der Waals surface area contributed by atoms with Gasteiger partial charge in [-0.2, -0.15) is 0 Å². The van der Waals surface area contributed by atoms with Crippen molar-refractivity contribution in [2.45, 2.75) is 50.2 Å². The lowest BCUT2D eigenvalue weighted by molar-refractivity contribution is -0.122. The van der Waals surface area contributed by atoms with E-state index in [1.807, 2.05) is 7.05 Å². The molecule has 2 saturated heterocycles. The highest BCUT2D eigenvalue weighted by atomic mass is 127. The van der Waals surface area contributed by atoms with Crippen LogP contribution in [0.4, 0.5) is 0 Å². The minimum Gasteiger partial charge on any atom is -0.381 e. The number of ether oxygens (including phenoxy) is 1. The Balaban J connectivity index is 0.00000385. The van der Waals surface area contributed by atoms with Gasteiger partial charge in [-0.3, -0.25) is 14.7 Å². The maximum Gasteiger partial charge on any atom is 0.233 e. The summed E-state index contributed by atoms with van der Waals surface area (Å²) in [5.74, 6) is 0.919. The van der Waals surface area contributed by atoms with Crippen LogP contribution in [0.3, 0.4) is 0 Å². The van der Waals surface area contributed by atoms with Gasteiger partial charge < -0.3 is 26.0 Å². The van der Waals surface area contributed by atoms with Crippen LogP contribution < -0.4 is 21.3 Å². The molecule has 0 radical (unpaired) electrons. The highest BCUT2D eigenvalue weighted by Crippen LogP contribution is 2.25. The molecule has 1 aromatic rings. The number of aliphatic imine (C=N–C) groups is 1. The van der Waals surface area contributed by atoms with Gasteiger partial charge in [-0.25, -0.2) is 0 Å². The maximum atomic E-state index is 11.6. The molecular weight excluding hydrogens is 531 g/mol. The second-order valence-electron chi connectivity index (χ2n) is 8.96. The molecule has 1 unspecified atom stereocenters. The summed E-state index contributed by atoms with van der Waals surface area (Å²) >= 11 is 0. The first-order valence-electron chi connectivity index (χ1n) is 11.8. The molecule has 0 saturated carbocycles. The zero-order valence-corrected chi connectivity index (χ0v) is 22.6. The Morgan fingerprint density at radius 2 is 1.88 bits per heavy atom. The van der Waals surface area contributed by atoms with Gasteiger partial charge in [0.25, 0.3) is 0 Å². The Morgan fingerprint density at radius 1 is 1.21 bits per heavy atom. The quantitative estimate of drug-likeness (QED) is 0.216. The second-order valence-corrected chi connectivity index (χ2v) is 8.96. The van der Waals surface area contributed by atoms with Crippen LogP contribution in [0.15, 0.2) is 35.3 Å². The topological polar surface area (TPSA) is 90.0 Å². The first kappa shape index (κ1) is 27.8. The molecule has 8 nitrogen and oxygen atoms in total. The van der Waals surface area contributed by atoms with Crippen molar-refractivity contribution in [2.75, 3.05) is 53.5 Å². The van der Waals surface area contributed by atoms with Gasteiger partial charge in [-0.05, 0) is 38.2 Å². The number of rotatable bonds is 8. The van der Waals surface area contributed by atoms with Crippen molar-refractivity contribution in [1.82, 2.24) is 26.2 Å². The maximum absolute atomic E-state index is 11.6. The molecule has 2 fully saturated rings. The van der Waals surface area contributed by atoms with Crippen molar-refractivity contribution in [2.24, 2.45) is 4.99 Å². The Kier molecular flexibility index (Phi) is 11.9. The molecule has 2 aliphatic rings. The minimum absolute atomic E-state index is 0. The molecular formula is C24H41IN6O2. The summed E-state index contributed by atoms with van der Waals surface area (Å²) in [7, 11) is 3.51. The first-order chi connectivity index (χ1) is 15.5. The largest absolute Gasteiger partial charge is 0.381 e. The van der Waals surface area contributed by atoms with Crippen LogP contribution in [0.5, 0.6) is 0 Å². The third-order valence-corrected chi connectivity index (χ3v) is 6.66. The molecule has 0 bridgehead atoms. The Labute approximate surface area is 215 Å². The number of guanidine groups is 1. The lowest BCUT2D eigenvalue weighted by Crippen LogP contribution is -2.59. The van der Waals surface area contributed by atoms with E-state index in [0.717, 1.165) is 64.5 Å². The molecule has 0 aromatic heterocycles. The molecule has 2 heterocycles. The van der Waals surface area contributed by atoms with E-state index in [1.54, 1.807) is 7.05 Å². The molecule has 0 spiro atoms. The number of benzene rings is 1. The zero-order chi connectivity index (χ0) is 22.8. The fourth-order valence-electron chi connectivity index (χ4n) is 4.58. The van der Waals surface area contributed by atoms with Gasteiger partial charge in [-0.1, -0.05) is 30.3 Å². The molecule has 2 aliphatic heterocycles. The monoisotopic (exact) mass is 572 g/mol. The molecule has 1 atom stereocenters. The Bertz CT molecular complexity index is 734. The number of hydrogen-bond donors (Lipinski definition) is 4. The summed E-state index contributed by atoms with van der Waals surface area (Å²) in [5, 5.41) is 13.8. The van der Waals surface area contributed by atoms with E-state index in [1.165, 1.54) is 5.56 Å². The van der Waals surface area contributed by atoms with Crippen LogP contribution >= 0.6 is 24.0 Å². The minimum atomic E-state index is -0.0397. The first-order valence-corrected chi connectivity index (χ1v) is 11.8. The van der Waals surface area contributed by atoms with Crippen molar-refractivity contribution in [3.8, 4) is 0 Å². The number of carbonyl (C=O) groups excluding carboxylic acids is 1. The predicted octanol–water partition coefficient (Wildman–Crippen LogP) is 1.88. The average molecular weight is 573 g/mol. The fraction of sp³-hybridized carbons (Fsp3) is 0.667. The summed E-state index contributed by atoms with van der Waals surface area (Å²) in [5.41, 5.74) is 1.26. The predicted molar refractivity (Wildman–Crippen MR) is 144 cm³/mol. The number of piperidine rings is 1. The SMILES string of the molecule is CN=C(NCC1(NC(C)c2ccccc2)CCOCC1)NC1CCN(CC(=O)NC)CC1.I. The van der Waals surface area contributed by atoms with Crippen molar-refractivity contribution in [3.63, 3.8) is 0 Å². The molecule has 9 heteroatoms. The van der Waals surface area contributed by atoms with Crippen LogP contribution in [0.2, 0.25) is 0 Å². The van der Waals surface area contributed by atoms with Gasteiger partial charge in [0.1, 0.15) is 0 Å². The molecule has 1 aromatic carbocycles.